The Hall–Kier alpha value is -1.08. The summed E-state index contributed by atoms with van der Waals surface area (Å²) >= 11 is 3.95. The number of alkyl halides is 1. The van der Waals surface area contributed by atoms with Crippen LogP contribution in [-0.4, -0.2) is 0 Å². The van der Waals surface area contributed by atoms with Gasteiger partial charge in [-0.1, -0.05) is 45.8 Å². The predicted octanol–water partition coefficient (Wildman–Crippen LogP) is 6.22. The van der Waals surface area contributed by atoms with Crippen LogP contribution >= 0.6 is 15.9 Å². The van der Waals surface area contributed by atoms with Gasteiger partial charge in [-0.15, -0.1) is 0 Å². The minimum Gasteiger partial charge on any atom is -0.0835 e. The van der Waals surface area contributed by atoms with Crippen molar-refractivity contribution in [2.45, 2.75) is 52.8 Å². The zero-order valence-electron chi connectivity index (χ0n) is 14.0. The lowest BCUT2D eigenvalue weighted by Crippen LogP contribution is -2.05. The maximum Gasteiger partial charge on any atom is 0.0441 e. The zero-order chi connectivity index (χ0) is 15.7. The topological polar surface area (TPSA) is 0 Å². The molecule has 0 fully saturated rings. The van der Waals surface area contributed by atoms with Gasteiger partial charge >= 0.3 is 0 Å². The molecule has 1 unspecified atom stereocenters. The van der Waals surface area contributed by atoms with Gasteiger partial charge < -0.3 is 0 Å². The van der Waals surface area contributed by atoms with E-state index in [2.05, 4.69) is 81.7 Å². The molecular formula is C20H25Br. The fourth-order valence-electron chi connectivity index (χ4n) is 3.03. The van der Waals surface area contributed by atoms with Crippen LogP contribution in [0.2, 0.25) is 0 Å². The maximum absolute atomic E-state index is 3.95. The van der Waals surface area contributed by atoms with Gasteiger partial charge in [-0.3, -0.25) is 0 Å². The molecule has 0 aliphatic carbocycles. The van der Waals surface area contributed by atoms with Gasteiger partial charge in [-0.2, -0.15) is 0 Å². The van der Waals surface area contributed by atoms with Gasteiger partial charge in [-0.25, -0.2) is 0 Å². The highest BCUT2D eigenvalue weighted by Crippen LogP contribution is 2.35. The fourth-order valence-corrected chi connectivity index (χ4v) is 4.07. The minimum absolute atomic E-state index is 0.372. The summed E-state index contributed by atoms with van der Waals surface area (Å²) in [5.41, 5.74) is 11.2. The first kappa shape index (κ1) is 16.3. The molecule has 2 aromatic rings. The number of halogens is 1. The number of hydrogen-bond acceptors (Lipinski definition) is 0. The Labute approximate surface area is 137 Å². The second-order valence-electron chi connectivity index (χ2n) is 6.28. The second-order valence-corrected chi connectivity index (χ2v) is 7.38. The first-order valence-corrected chi connectivity index (χ1v) is 8.50. The van der Waals surface area contributed by atoms with Crippen LogP contribution < -0.4 is 0 Å². The second kappa shape index (κ2) is 6.36. The molecule has 0 aromatic heterocycles. The number of aryl methyl sites for hydroxylation is 4. The maximum atomic E-state index is 3.95. The highest BCUT2D eigenvalue weighted by molar-refractivity contribution is 9.09. The Morgan fingerprint density at radius 2 is 1.38 bits per heavy atom. The fraction of sp³-hybridized carbons (Fsp3) is 0.400. The molecule has 0 saturated heterocycles. The first-order valence-electron chi connectivity index (χ1n) is 7.58. The quantitative estimate of drug-likeness (QED) is 0.580. The van der Waals surface area contributed by atoms with E-state index in [0.717, 1.165) is 6.42 Å². The van der Waals surface area contributed by atoms with E-state index in [1.165, 1.54) is 44.5 Å². The molecular weight excluding hydrogens is 320 g/mol. The average Bonchev–Trinajstić information content (AvgIpc) is 2.41. The largest absolute Gasteiger partial charge is 0.0835 e. The minimum atomic E-state index is 0.372. The van der Waals surface area contributed by atoms with Crippen LogP contribution in [0.1, 0.15) is 49.3 Å². The van der Waals surface area contributed by atoms with Gasteiger partial charge in [0, 0.05) is 4.83 Å². The van der Waals surface area contributed by atoms with Crippen molar-refractivity contribution in [3.05, 3.63) is 68.8 Å². The molecule has 0 N–H and O–H groups in total. The third-order valence-corrected chi connectivity index (χ3v) is 5.42. The van der Waals surface area contributed by atoms with Crippen molar-refractivity contribution in [2.24, 2.45) is 0 Å². The Morgan fingerprint density at radius 3 is 1.95 bits per heavy atom. The van der Waals surface area contributed by atoms with E-state index in [9.17, 15) is 0 Å². The number of hydrogen-bond donors (Lipinski definition) is 0. The van der Waals surface area contributed by atoms with E-state index in [0.29, 0.717) is 4.83 Å². The Morgan fingerprint density at radius 1 is 0.810 bits per heavy atom. The molecule has 0 aliphatic heterocycles. The summed E-state index contributed by atoms with van der Waals surface area (Å²) in [6.07, 6.45) is 1.04. The SMILES string of the molecule is Cc1ccc(C)c(CC(Br)c2c(C)c(C)cc(C)c2C)c1. The van der Waals surface area contributed by atoms with Crippen LogP contribution in [-0.2, 0) is 6.42 Å². The van der Waals surface area contributed by atoms with Gasteiger partial charge in [0.25, 0.3) is 0 Å². The molecule has 0 spiro atoms. The van der Waals surface area contributed by atoms with Crippen molar-refractivity contribution in [3.63, 3.8) is 0 Å². The van der Waals surface area contributed by atoms with E-state index in [1.807, 2.05) is 0 Å². The van der Waals surface area contributed by atoms with Crippen molar-refractivity contribution >= 4 is 15.9 Å². The van der Waals surface area contributed by atoms with Crippen molar-refractivity contribution in [2.75, 3.05) is 0 Å². The van der Waals surface area contributed by atoms with Crippen molar-refractivity contribution < 1.29 is 0 Å². The van der Waals surface area contributed by atoms with Gasteiger partial charge in [0.05, 0.1) is 0 Å². The van der Waals surface area contributed by atoms with Gasteiger partial charge in [0.1, 0.15) is 0 Å². The number of benzene rings is 2. The van der Waals surface area contributed by atoms with Gasteiger partial charge in [-0.05, 0) is 86.9 Å². The molecule has 0 aliphatic rings. The van der Waals surface area contributed by atoms with Crippen LogP contribution in [0, 0.1) is 41.5 Å². The molecule has 2 rings (SSSR count). The molecule has 0 heterocycles. The Balaban J connectivity index is 2.41. The summed E-state index contributed by atoms with van der Waals surface area (Å²) in [5.74, 6) is 0. The molecule has 0 nitrogen and oxygen atoms in total. The Bertz CT molecular complexity index is 642. The molecule has 112 valence electrons. The molecule has 0 radical (unpaired) electrons. The smallest absolute Gasteiger partial charge is 0.0441 e. The van der Waals surface area contributed by atoms with E-state index in [4.69, 9.17) is 0 Å². The summed E-state index contributed by atoms with van der Waals surface area (Å²) in [4.78, 5) is 0.372. The molecule has 1 heteroatoms. The molecule has 0 saturated carbocycles. The van der Waals surface area contributed by atoms with E-state index in [1.54, 1.807) is 0 Å². The summed E-state index contributed by atoms with van der Waals surface area (Å²) in [6.45, 7) is 13.3. The van der Waals surface area contributed by atoms with Crippen LogP contribution in [0.4, 0.5) is 0 Å². The van der Waals surface area contributed by atoms with Gasteiger partial charge in [0.15, 0.2) is 0 Å². The molecule has 2 aromatic carbocycles. The third kappa shape index (κ3) is 3.40. The summed E-state index contributed by atoms with van der Waals surface area (Å²) in [7, 11) is 0. The molecule has 1 atom stereocenters. The predicted molar refractivity (Wildman–Crippen MR) is 96.7 cm³/mol. The van der Waals surface area contributed by atoms with Crippen LogP contribution in [0.5, 0.6) is 0 Å². The third-order valence-electron chi connectivity index (χ3n) is 4.64. The molecule has 0 amide bonds. The highest BCUT2D eigenvalue weighted by atomic mass is 79.9. The molecule has 21 heavy (non-hydrogen) atoms. The lowest BCUT2D eigenvalue weighted by atomic mass is 9.89. The van der Waals surface area contributed by atoms with Crippen LogP contribution in [0.3, 0.4) is 0 Å². The molecule has 0 bridgehead atoms. The average molecular weight is 345 g/mol. The van der Waals surface area contributed by atoms with Crippen molar-refractivity contribution in [1.29, 1.82) is 0 Å². The lowest BCUT2D eigenvalue weighted by Gasteiger charge is -2.21. The Kier molecular flexibility index (Phi) is 4.93. The monoisotopic (exact) mass is 344 g/mol. The standard InChI is InChI=1S/C20H25Br/c1-12-7-8-13(2)18(9-12)11-19(21)20-16(5)14(3)10-15(4)17(20)6/h7-10,19H,11H2,1-6H3. The van der Waals surface area contributed by atoms with E-state index < -0.39 is 0 Å². The van der Waals surface area contributed by atoms with Crippen molar-refractivity contribution in [1.82, 2.24) is 0 Å². The van der Waals surface area contributed by atoms with Crippen LogP contribution in [0.15, 0.2) is 24.3 Å². The summed E-state index contributed by atoms with van der Waals surface area (Å²) < 4.78 is 0. The normalized spacial score (nSPS) is 12.5. The summed E-state index contributed by atoms with van der Waals surface area (Å²) in [5, 5.41) is 0. The lowest BCUT2D eigenvalue weighted by molar-refractivity contribution is 0.909. The van der Waals surface area contributed by atoms with Crippen LogP contribution in [0.25, 0.3) is 0 Å². The van der Waals surface area contributed by atoms with E-state index in [-0.39, 0.29) is 0 Å². The summed E-state index contributed by atoms with van der Waals surface area (Å²) in [6, 6.07) is 9.03. The highest BCUT2D eigenvalue weighted by Gasteiger charge is 2.17. The zero-order valence-corrected chi connectivity index (χ0v) is 15.6. The number of rotatable bonds is 3. The first-order chi connectivity index (χ1) is 9.81. The van der Waals surface area contributed by atoms with E-state index >= 15 is 0 Å². The van der Waals surface area contributed by atoms with Gasteiger partial charge in [0.2, 0.25) is 0 Å². The van der Waals surface area contributed by atoms with Crippen molar-refractivity contribution in [3.8, 4) is 0 Å².